The molecule has 0 spiro atoms. The van der Waals surface area contributed by atoms with Gasteiger partial charge in [-0.2, -0.15) is 0 Å². The van der Waals surface area contributed by atoms with Crippen molar-refractivity contribution < 1.29 is 9.53 Å². The van der Waals surface area contributed by atoms with Crippen LogP contribution in [0.25, 0.3) is 0 Å². The molecule has 0 saturated heterocycles. The summed E-state index contributed by atoms with van der Waals surface area (Å²) in [5, 5.41) is 3.18. The number of carbonyl (C=O) groups is 1. The second-order valence-electron chi connectivity index (χ2n) is 6.00. The van der Waals surface area contributed by atoms with Crippen molar-refractivity contribution in [2.45, 2.75) is 32.2 Å². The number of aromatic nitrogens is 1. The van der Waals surface area contributed by atoms with E-state index in [4.69, 9.17) is 4.74 Å². The first kappa shape index (κ1) is 16.0. The molecule has 1 aliphatic rings. The molecule has 2 unspecified atom stereocenters. The van der Waals surface area contributed by atoms with Crippen molar-refractivity contribution in [3.8, 4) is 5.75 Å². The first-order chi connectivity index (χ1) is 11.1. The topological polar surface area (TPSA) is 42.4 Å². The van der Waals surface area contributed by atoms with Crippen LogP contribution in [-0.4, -0.2) is 29.9 Å². The normalized spacial score (nSPS) is 19.4. The summed E-state index contributed by atoms with van der Waals surface area (Å²) in [5.74, 6) is 1.52. The minimum Gasteiger partial charge on any atom is -0.497 e. The summed E-state index contributed by atoms with van der Waals surface area (Å²) < 4.78 is 5.18. The molecule has 1 fully saturated rings. The van der Waals surface area contributed by atoms with Gasteiger partial charge >= 0.3 is 0 Å². The van der Waals surface area contributed by atoms with Gasteiger partial charge in [0, 0.05) is 18.3 Å². The predicted molar refractivity (Wildman–Crippen MR) is 91.8 cm³/mol. The lowest BCUT2D eigenvalue weighted by Crippen LogP contribution is -2.28. The van der Waals surface area contributed by atoms with Crippen LogP contribution in [0.3, 0.4) is 0 Å². The summed E-state index contributed by atoms with van der Waals surface area (Å²) in [4.78, 5) is 18.9. The summed E-state index contributed by atoms with van der Waals surface area (Å²) >= 11 is 1.67. The van der Waals surface area contributed by atoms with Crippen LogP contribution < -0.4 is 4.74 Å². The van der Waals surface area contributed by atoms with E-state index in [9.17, 15) is 4.79 Å². The van der Waals surface area contributed by atoms with E-state index < -0.39 is 0 Å². The number of amides is 1. The lowest BCUT2D eigenvalue weighted by atomic mass is 10.1. The number of ether oxygens (including phenoxy) is 1. The SMILES string of the molecule is CCc1nc(CN(C)C(=O)C2CC2c2ccc(OC)cc2)cs1. The summed E-state index contributed by atoms with van der Waals surface area (Å²) in [7, 11) is 3.53. The molecule has 122 valence electrons. The molecule has 2 atom stereocenters. The predicted octanol–water partition coefficient (Wildman–Crippen LogP) is 3.48. The lowest BCUT2D eigenvalue weighted by molar-refractivity contribution is -0.131. The molecule has 3 rings (SSSR count). The van der Waals surface area contributed by atoms with E-state index in [1.54, 1.807) is 18.4 Å². The minimum absolute atomic E-state index is 0.109. The maximum atomic E-state index is 12.6. The van der Waals surface area contributed by atoms with Crippen LogP contribution in [0, 0.1) is 5.92 Å². The number of thiazole rings is 1. The number of rotatable bonds is 6. The van der Waals surface area contributed by atoms with Crippen LogP contribution >= 0.6 is 11.3 Å². The van der Waals surface area contributed by atoms with E-state index in [0.717, 1.165) is 29.3 Å². The average Bonchev–Trinajstić information content (AvgIpc) is 3.26. The fourth-order valence-corrected chi connectivity index (χ4v) is 3.61. The van der Waals surface area contributed by atoms with Crippen molar-refractivity contribution in [1.82, 2.24) is 9.88 Å². The monoisotopic (exact) mass is 330 g/mol. The molecule has 0 radical (unpaired) electrons. The smallest absolute Gasteiger partial charge is 0.226 e. The molecule has 1 saturated carbocycles. The van der Waals surface area contributed by atoms with E-state index in [0.29, 0.717) is 12.5 Å². The van der Waals surface area contributed by atoms with Crippen molar-refractivity contribution in [1.29, 1.82) is 0 Å². The van der Waals surface area contributed by atoms with E-state index in [1.807, 2.05) is 24.1 Å². The highest BCUT2D eigenvalue weighted by Crippen LogP contribution is 2.48. The van der Waals surface area contributed by atoms with Gasteiger partial charge in [0.2, 0.25) is 5.91 Å². The second-order valence-corrected chi connectivity index (χ2v) is 6.94. The zero-order chi connectivity index (χ0) is 16.4. The molecule has 1 aliphatic carbocycles. The molecule has 1 aromatic heterocycles. The van der Waals surface area contributed by atoms with Gasteiger partial charge in [-0.25, -0.2) is 4.98 Å². The maximum Gasteiger partial charge on any atom is 0.226 e. The highest BCUT2D eigenvalue weighted by Gasteiger charge is 2.45. The van der Waals surface area contributed by atoms with E-state index in [-0.39, 0.29) is 11.8 Å². The Balaban J connectivity index is 1.58. The summed E-state index contributed by atoms with van der Waals surface area (Å²) in [6.45, 7) is 2.70. The van der Waals surface area contributed by atoms with Crippen molar-refractivity contribution in [2.24, 2.45) is 5.92 Å². The van der Waals surface area contributed by atoms with Crippen LogP contribution in [0.1, 0.15) is 35.5 Å². The van der Waals surface area contributed by atoms with Gasteiger partial charge in [-0.15, -0.1) is 11.3 Å². The Morgan fingerprint density at radius 1 is 1.39 bits per heavy atom. The molecule has 0 N–H and O–H groups in total. The number of hydrogen-bond donors (Lipinski definition) is 0. The Hall–Kier alpha value is -1.88. The fraction of sp³-hybridized carbons (Fsp3) is 0.444. The number of nitrogens with zero attached hydrogens (tertiary/aromatic N) is 2. The third kappa shape index (κ3) is 3.55. The molecule has 0 bridgehead atoms. The molecule has 1 aromatic carbocycles. The molecule has 2 aromatic rings. The quantitative estimate of drug-likeness (QED) is 0.814. The molecule has 0 aliphatic heterocycles. The van der Waals surface area contributed by atoms with Crippen molar-refractivity contribution >= 4 is 17.2 Å². The highest BCUT2D eigenvalue weighted by atomic mass is 32.1. The number of hydrogen-bond acceptors (Lipinski definition) is 4. The molecular weight excluding hydrogens is 308 g/mol. The van der Waals surface area contributed by atoms with E-state index in [2.05, 4.69) is 29.4 Å². The van der Waals surface area contributed by atoms with Crippen molar-refractivity contribution in [3.05, 3.63) is 45.9 Å². The first-order valence-electron chi connectivity index (χ1n) is 7.94. The van der Waals surface area contributed by atoms with Crippen molar-refractivity contribution in [3.63, 3.8) is 0 Å². The molecule has 1 heterocycles. The summed E-state index contributed by atoms with van der Waals surface area (Å²) in [5.41, 5.74) is 2.21. The molecular formula is C18H22N2O2S. The highest BCUT2D eigenvalue weighted by molar-refractivity contribution is 7.09. The van der Waals surface area contributed by atoms with Crippen LogP contribution in [0.5, 0.6) is 5.75 Å². The summed E-state index contributed by atoms with van der Waals surface area (Å²) in [6.07, 6.45) is 1.89. The van der Waals surface area contributed by atoms with Crippen molar-refractivity contribution in [2.75, 3.05) is 14.2 Å². The Morgan fingerprint density at radius 2 is 2.13 bits per heavy atom. The largest absolute Gasteiger partial charge is 0.497 e. The van der Waals surface area contributed by atoms with Gasteiger partial charge in [0.25, 0.3) is 0 Å². The zero-order valence-corrected chi connectivity index (χ0v) is 14.6. The second kappa shape index (κ2) is 6.71. The summed E-state index contributed by atoms with van der Waals surface area (Å²) in [6, 6.07) is 8.04. The zero-order valence-electron chi connectivity index (χ0n) is 13.8. The number of carbonyl (C=O) groups excluding carboxylic acids is 1. The van der Waals surface area contributed by atoms with Gasteiger partial charge in [0.05, 0.1) is 24.4 Å². The third-order valence-corrected chi connectivity index (χ3v) is 5.37. The van der Waals surface area contributed by atoms with Crippen LogP contribution in [0.15, 0.2) is 29.6 Å². The van der Waals surface area contributed by atoms with E-state index in [1.165, 1.54) is 5.56 Å². The fourth-order valence-electron chi connectivity index (χ4n) is 2.88. The molecule has 5 heteroatoms. The third-order valence-electron chi connectivity index (χ3n) is 4.33. The Morgan fingerprint density at radius 3 is 2.74 bits per heavy atom. The first-order valence-corrected chi connectivity index (χ1v) is 8.82. The Bertz CT molecular complexity index is 681. The number of benzene rings is 1. The molecule has 23 heavy (non-hydrogen) atoms. The number of methoxy groups -OCH3 is 1. The van der Waals surface area contributed by atoms with Gasteiger partial charge in [0.15, 0.2) is 0 Å². The lowest BCUT2D eigenvalue weighted by Gasteiger charge is -2.16. The van der Waals surface area contributed by atoms with Gasteiger partial charge < -0.3 is 9.64 Å². The Labute approximate surface area is 141 Å². The molecule has 1 amide bonds. The van der Waals surface area contributed by atoms with Gasteiger partial charge in [-0.05, 0) is 36.5 Å². The molecule has 4 nitrogen and oxygen atoms in total. The van der Waals surface area contributed by atoms with E-state index >= 15 is 0 Å². The van der Waals surface area contributed by atoms with Crippen LogP contribution in [-0.2, 0) is 17.8 Å². The maximum absolute atomic E-state index is 12.6. The van der Waals surface area contributed by atoms with Crippen LogP contribution in [0.2, 0.25) is 0 Å². The number of aryl methyl sites for hydroxylation is 1. The van der Waals surface area contributed by atoms with Gasteiger partial charge in [-0.3, -0.25) is 4.79 Å². The van der Waals surface area contributed by atoms with Crippen LogP contribution in [0.4, 0.5) is 0 Å². The van der Waals surface area contributed by atoms with Gasteiger partial charge in [0.1, 0.15) is 5.75 Å². The Kier molecular flexibility index (Phi) is 4.66. The standard InChI is InChI=1S/C18H22N2O2S/c1-4-17-19-13(11-23-17)10-20(2)18(21)16-9-15(16)12-5-7-14(22-3)8-6-12/h5-8,11,15-16H,4,9-10H2,1-3H3. The minimum atomic E-state index is 0.109. The van der Waals surface area contributed by atoms with Gasteiger partial charge in [-0.1, -0.05) is 19.1 Å². The average molecular weight is 330 g/mol.